The molecule has 0 spiro atoms. The van der Waals surface area contributed by atoms with Crippen molar-refractivity contribution in [3.63, 3.8) is 0 Å². The Labute approximate surface area is 137 Å². The van der Waals surface area contributed by atoms with E-state index in [9.17, 15) is 0 Å². The van der Waals surface area contributed by atoms with Gasteiger partial charge in [0.1, 0.15) is 5.52 Å². The van der Waals surface area contributed by atoms with E-state index >= 15 is 0 Å². The number of nitrogens with zero attached hydrogens (tertiary/aromatic N) is 2. The van der Waals surface area contributed by atoms with Crippen LogP contribution in [0.2, 0.25) is 0 Å². The lowest BCUT2D eigenvalue weighted by Gasteiger charge is -2.18. The molecule has 0 N–H and O–H groups in total. The molecule has 1 aromatic carbocycles. The highest BCUT2D eigenvalue weighted by atomic mass is 16.3. The molecule has 0 saturated carbocycles. The van der Waals surface area contributed by atoms with Crippen molar-refractivity contribution in [2.24, 2.45) is 0 Å². The van der Waals surface area contributed by atoms with E-state index < -0.39 is 0 Å². The minimum absolute atomic E-state index is 0.0915. The van der Waals surface area contributed by atoms with Crippen LogP contribution in [0.15, 0.2) is 40.9 Å². The Hall–Kier alpha value is -2.16. The molecule has 3 nitrogen and oxygen atoms in total. The van der Waals surface area contributed by atoms with E-state index in [-0.39, 0.29) is 10.8 Å². The van der Waals surface area contributed by atoms with Gasteiger partial charge < -0.3 is 4.42 Å². The molecule has 2 aromatic heterocycles. The molecule has 0 fully saturated rings. The molecule has 0 bridgehead atoms. The van der Waals surface area contributed by atoms with Crippen LogP contribution < -0.4 is 0 Å². The Kier molecular flexibility index (Phi) is 3.55. The molecular formula is C20H24N2O. The van der Waals surface area contributed by atoms with Crippen molar-refractivity contribution in [1.29, 1.82) is 0 Å². The molecule has 0 amide bonds. The topological polar surface area (TPSA) is 38.9 Å². The van der Waals surface area contributed by atoms with Crippen molar-refractivity contribution >= 4 is 11.1 Å². The van der Waals surface area contributed by atoms with Crippen molar-refractivity contribution < 1.29 is 4.42 Å². The first-order valence-electron chi connectivity index (χ1n) is 8.02. The van der Waals surface area contributed by atoms with Crippen LogP contribution in [0.5, 0.6) is 0 Å². The largest absolute Gasteiger partial charge is 0.440 e. The van der Waals surface area contributed by atoms with Gasteiger partial charge in [-0.15, -0.1) is 0 Å². The summed E-state index contributed by atoms with van der Waals surface area (Å²) in [5.41, 5.74) is 4.99. The van der Waals surface area contributed by atoms with E-state index in [1.807, 2.05) is 24.4 Å². The fourth-order valence-corrected chi connectivity index (χ4v) is 2.42. The first-order valence-corrected chi connectivity index (χ1v) is 8.02. The number of rotatable bonds is 1. The minimum Gasteiger partial charge on any atom is -0.440 e. The first kappa shape index (κ1) is 15.7. The standard InChI is InChI=1S/C20H24N2O/c1-19(2,3)14-8-9-15(21-12-14)13-7-10-17-16(11-13)22-18(23-17)20(4,5)6/h7-12H,1-6H3. The van der Waals surface area contributed by atoms with Gasteiger partial charge in [0, 0.05) is 17.2 Å². The smallest absolute Gasteiger partial charge is 0.200 e. The molecule has 2 heterocycles. The lowest BCUT2D eigenvalue weighted by atomic mass is 9.88. The zero-order chi connectivity index (χ0) is 16.8. The number of oxazole rings is 1. The molecule has 23 heavy (non-hydrogen) atoms. The van der Waals surface area contributed by atoms with Crippen LogP contribution in [0.3, 0.4) is 0 Å². The highest BCUT2D eigenvalue weighted by Gasteiger charge is 2.21. The number of hydrogen-bond acceptors (Lipinski definition) is 3. The van der Waals surface area contributed by atoms with E-state index in [4.69, 9.17) is 4.42 Å². The molecule has 0 aliphatic rings. The summed E-state index contributed by atoms with van der Waals surface area (Å²) in [6.45, 7) is 12.9. The van der Waals surface area contributed by atoms with Crippen molar-refractivity contribution in [2.75, 3.05) is 0 Å². The van der Waals surface area contributed by atoms with Crippen molar-refractivity contribution in [2.45, 2.75) is 52.4 Å². The van der Waals surface area contributed by atoms with Gasteiger partial charge in [-0.25, -0.2) is 4.98 Å². The van der Waals surface area contributed by atoms with Crippen LogP contribution in [0.1, 0.15) is 53.0 Å². The van der Waals surface area contributed by atoms with Crippen LogP contribution in [0, 0.1) is 0 Å². The Bertz CT molecular complexity index is 831. The lowest BCUT2D eigenvalue weighted by Crippen LogP contribution is -2.11. The molecule has 3 aromatic rings. The number of benzene rings is 1. The predicted octanol–water partition coefficient (Wildman–Crippen LogP) is 5.48. The minimum atomic E-state index is -0.0915. The second-order valence-corrected chi connectivity index (χ2v) is 8.13. The normalized spacial score (nSPS) is 12.8. The van der Waals surface area contributed by atoms with E-state index in [1.54, 1.807) is 0 Å². The second kappa shape index (κ2) is 5.19. The highest BCUT2D eigenvalue weighted by molar-refractivity contribution is 5.79. The number of fused-ring (bicyclic) bond motifs is 1. The fourth-order valence-electron chi connectivity index (χ4n) is 2.42. The van der Waals surface area contributed by atoms with Gasteiger partial charge >= 0.3 is 0 Å². The van der Waals surface area contributed by atoms with Crippen molar-refractivity contribution in [3.05, 3.63) is 48.0 Å². The Morgan fingerprint density at radius 1 is 0.870 bits per heavy atom. The van der Waals surface area contributed by atoms with Crippen LogP contribution in [0.25, 0.3) is 22.4 Å². The number of pyridine rings is 1. The Balaban J connectivity index is 2.00. The van der Waals surface area contributed by atoms with Crippen molar-refractivity contribution in [1.82, 2.24) is 9.97 Å². The second-order valence-electron chi connectivity index (χ2n) is 8.13. The maximum atomic E-state index is 5.86. The van der Waals surface area contributed by atoms with Gasteiger partial charge in [-0.1, -0.05) is 47.6 Å². The van der Waals surface area contributed by atoms with Gasteiger partial charge in [0.15, 0.2) is 5.58 Å². The average Bonchev–Trinajstić information content (AvgIpc) is 2.89. The maximum absolute atomic E-state index is 5.86. The molecule has 0 unspecified atom stereocenters. The molecule has 3 heteroatoms. The summed E-state index contributed by atoms with van der Waals surface area (Å²) < 4.78 is 5.86. The Morgan fingerprint density at radius 3 is 2.17 bits per heavy atom. The molecule has 0 atom stereocenters. The van der Waals surface area contributed by atoms with Gasteiger partial charge in [0.05, 0.1) is 5.69 Å². The maximum Gasteiger partial charge on any atom is 0.200 e. The molecule has 0 aliphatic carbocycles. The molecular weight excluding hydrogens is 284 g/mol. The predicted molar refractivity (Wildman–Crippen MR) is 94.6 cm³/mol. The van der Waals surface area contributed by atoms with Gasteiger partial charge in [-0.2, -0.15) is 0 Å². The monoisotopic (exact) mass is 308 g/mol. The SMILES string of the molecule is CC(C)(C)c1ccc(-c2ccc3oc(C(C)(C)C)nc3c2)nc1. The molecule has 3 rings (SSSR count). The zero-order valence-corrected chi connectivity index (χ0v) is 14.8. The third-order valence-electron chi connectivity index (χ3n) is 3.95. The summed E-state index contributed by atoms with van der Waals surface area (Å²) in [7, 11) is 0. The lowest BCUT2D eigenvalue weighted by molar-refractivity contribution is 0.411. The van der Waals surface area contributed by atoms with Gasteiger partial charge in [0.2, 0.25) is 5.89 Å². The third-order valence-corrected chi connectivity index (χ3v) is 3.95. The summed E-state index contributed by atoms with van der Waals surface area (Å²) in [4.78, 5) is 9.25. The summed E-state index contributed by atoms with van der Waals surface area (Å²) in [6, 6.07) is 10.3. The fraction of sp³-hybridized carbons (Fsp3) is 0.400. The van der Waals surface area contributed by atoms with Crippen LogP contribution >= 0.6 is 0 Å². The first-order chi connectivity index (χ1) is 10.6. The van der Waals surface area contributed by atoms with Crippen LogP contribution in [-0.2, 0) is 10.8 Å². The van der Waals surface area contributed by atoms with E-state index in [1.165, 1.54) is 5.56 Å². The van der Waals surface area contributed by atoms with E-state index in [2.05, 4.69) is 63.6 Å². The summed E-state index contributed by atoms with van der Waals surface area (Å²) >= 11 is 0. The van der Waals surface area contributed by atoms with E-state index in [0.29, 0.717) is 0 Å². The Morgan fingerprint density at radius 2 is 1.61 bits per heavy atom. The van der Waals surface area contributed by atoms with Gasteiger partial charge in [-0.05, 0) is 35.2 Å². The zero-order valence-electron chi connectivity index (χ0n) is 14.8. The van der Waals surface area contributed by atoms with Crippen LogP contribution in [-0.4, -0.2) is 9.97 Å². The quantitative estimate of drug-likeness (QED) is 0.597. The number of aromatic nitrogens is 2. The summed E-state index contributed by atoms with van der Waals surface area (Å²) in [6.07, 6.45) is 1.96. The molecule has 0 radical (unpaired) electrons. The molecule has 0 saturated heterocycles. The third kappa shape index (κ3) is 3.14. The van der Waals surface area contributed by atoms with E-state index in [0.717, 1.165) is 28.2 Å². The highest BCUT2D eigenvalue weighted by Crippen LogP contribution is 2.29. The number of hydrogen-bond donors (Lipinski definition) is 0. The van der Waals surface area contributed by atoms with Crippen LogP contribution in [0.4, 0.5) is 0 Å². The summed E-state index contributed by atoms with van der Waals surface area (Å²) in [5.74, 6) is 0.765. The molecule has 120 valence electrons. The van der Waals surface area contributed by atoms with Crippen molar-refractivity contribution in [3.8, 4) is 11.3 Å². The van der Waals surface area contributed by atoms with Gasteiger partial charge in [-0.3, -0.25) is 4.98 Å². The average molecular weight is 308 g/mol. The van der Waals surface area contributed by atoms with Gasteiger partial charge in [0.25, 0.3) is 0 Å². The summed E-state index contributed by atoms with van der Waals surface area (Å²) in [5, 5.41) is 0. The molecule has 0 aliphatic heterocycles.